The van der Waals surface area contributed by atoms with Gasteiger partial charge >= 0.3 is 6.03 Å². The van der Waals surface area contributed by atoms with Gasteiger partial charge in [0.1, 0.15) is 0 Å². The number of amides is 2. The minimum Gasteiger partial charge on any atom is -0.370 e. The highest BCUT2D eigenvalue weighted by molar-refractivity contribution is 5.74. The van der Waals surface area contributed by atoms with Gasteiger partial charge in [-0.3, -0.25) is 10.6 Å². The van der Waals surface area contributed by atoms with Gasteiger partial charge in [0, 0.05) is 13.1 Å². The monoisotopic (exact) mass is 203 g/mol. The molecule has 0 rings (SSSR count). The number of hydrogen-bond acceptors (Lipinski definition) is 3. The SMILES string of the molecule is CCNC(=O)N(O)CCCNC(=N)N. The van der Waals surface area contributed by atoms with Gasteiger partial charge in [-0.2, -0.15) is 0 Å². The van der Waals surface area contributed by atoms with Crippen molar-refractivity contribution in [2.45, 2.75) is 13.3 Å². The first kappa shape index (κ1) is 12.5. The Morgan fingerprint density at radius 2 is 2.21 bits per heavy atom. The van der Waals surface area contributed by atoms with Gasteiger partial charge < -0.3 is 16.4 Å². The highest BCUT2D eigenvalue weighted by Crippen LogP contribution is 1.86. The maximum atomic E-state index is 10.9. The van der Waals surface area contributed by atoms with Crippen LogP contribution in [0.5, 0.6) is 0 Å². The Morgan fingerprint density at radius 3 is 2.71 bits per heavy atom. The lowest BCUT2D eigenvalue weighted by atomic mass is 10.4. The first-order valence-corrected chi connectivity index (χ1v) is 4.40. The van der Waals surface area contributed by atoms with Crippen LogP contribution in [0.4, 0.5) is 4.79 Å². The highest BCUT2D eigenvalue weighted by atomic mass is 16.5. The second-order valence-corrected chi connectivity index (χ2v) is 2.65. The van der Waals surface area contributed by atoms with E-state index in [4.69, 9.17) is 16.4 Å². The molecule has 0 aliphatic carbocycles. The molecule has 0 aliphatic heterocycles. The number of carbonyl (C=O) groups excluding carboxylic acids is 1. The summed E-state index contributed by atoms with van der Waals surface area (Å²) in [6.45, 7) is 2.89. The molecule has 0 bridgehead atoms. The second-order valence-electron chi connectivity index (χ2n) is 2.65. The summed E-state index contributed by atoms with van der Waals surface area (Å²) in [6.07, 6.45) is 0.521. The second kappa shape index (κ2) is 6.96. The Labute approximate surface area is 82.7 Å². The highest BCUT2D eigenvalue weighted by Gasteiger charge is 2.07. The molecule has 0 aromatic carbocycles. The van der Waals surface area contributed by atoms with Crippen LogP contribution >= 0.6 is 0 Å². The zero-order chi connectivity index (χ0) is 11.0. The molecule has 0 aliphatic rings. The van der Waals surface area contributed by atoms with E-state index in [2.05, 4.69) is 10.6 Å². The third-order valence-corrected chi connectivity index (χ3v) is 1.42. The molecule has 0 atom stereocenters. The number of rotatable bonds is 5. The Morgan fingerprint density at radius 1 is 1.57 bits per heavy atom. The molecule has 7 heteroatoms. The zero-order valence-electron chi connectivity index (χ0n) is 8.21. The summed E-state index contributed by atoms with van der Waals surface area (Å²) in [5.41, 5.74) is 5.03. The predicted molar refractivity (Wildman–Crippen MR) is 52.1 cm³/mol. The molecular formula is C7H17N5O2. The lowest BCUT2D eigenvalue weighted by Gasteiger charge is -2.14. The number of nitrogens with one attached hydrogen (secondary N) is 3. The average Bonchev–Trinajstić information content (AvgIpc) is 2.12. The summed E-state index contributed by atoms with van der Waals surface area (Å²) >= 11 is 0. The third-order valence-electron chi connectivity index (χ3n) is 1.42. The van der Waals surface area contributed by atoms with Crippen LogP contribution in [-0.4, -0.2) is 41.9 Å². The van der Waals surface area contributed by atoms with E-state index in [0.29, 0.717) is 24.6 Å². The molecule has 0 saturated carbocycles. The van der Waals surface area contributed by atoms with E-state index in [1.54, 1.807) is 6.92 Å². The van der Waals surface area contributed by atoms with Gasteiger partial charge in [-0.05, 0) is 13.3 Å². The van der Waals surface area contributed by atoms with Gasteiger partial charge in [0.25, 0.3) is 0 Å². The number of hydroxylamine groups is 2. The minimum absolute atomic E-state index is 0.118. The molecular weight excluding hydrogens is 186 g/mol. The molecule has 0 saturated heterocycles. The molecule has 82 valence electrons. The van der Waals surface area contributed by atoms with E-state index >= 15 is 0 Å². The standard InChI is InChI=1S/C7H17N5O2/c1-2-10-7(13)12(14)5-3-4-11-6(8)9/h14H,2-5H2,1H3,(H,10,13)(H4,8,9,11). The van der Waals surface area contributed by atoms with E-state index in [-0.39, 0.29) is 12.5 Å². The van der Waals surface area contributed by atoms with Crippen LogP contribution in [0.3, 0.4) is 0 Å². The van der Waals surface area contributed by atoms with Crippen molar-refractivity contribution in [2.75, 3.05) is 19.6 Å². The summed E-state index contributed by atoms with van der Waals surface area (Å²) in [5, 5.41) is 21.6. The van der Waals surface area contributed by atoms with Crippen LogP contribution in [0.2, 0.25) is 0 Å². The number of guanidine groups is 1. The van der Waals surface area contributed by atoms with Gasteiger partial charge in [-0.1, -0.05) is 0 Å². The van der Waals surface area contributed by atoms with E-state index in [1.165, 1.54) is 0 Å². The summed E-state index contributed by atoms with van der Waals surface area (Å²) in [6, 6.07) is -0.518. The van der Waals surface area contributed by atoms with Crippen molar-refractivity contribution in [1.29, 1.82) is 5.41 Å². The van der Waals surface area contributed by atoms with Crippen molar-refractivity contribution in [1.82, 2.24) is 15.7 Å². The molecule has 14 heavy (non-hydrogen) atoms. The van der Waals surface area contributed by atoms with E-state index in [0.717, 1.165) is 0 Å². The topological polar surface area (TPSA) is 114 Å². The van der Waals surface area contributed by atoms with Crippen molar-refractivity contribution >= 4 is 12.0 Å². The van der Waals surface area contributed by atoms with Crippen molar-refractivity contribution < 1.29 is 10.0 Å². The van der Waals surface area contributed by atoms with Gasteiger partial charge in [0.05, 0.1) is 6.54 Å². The molecule has 0 fully saturated rings. The molecule has 0 aromatic heterocycles. The van der Waals surface area contributed by atoms with Crippen molar-refractivity contribution in [3.05, 3.63) is 0 Å². The van der Waals surface area contributed by atoms with Crippen LogP contribution in [0.15, 0.2) is 0 Å². The zero-order valence-corrected chi connectivity index (χ0v) is 8.21. The molecule has 0 aromatic rings. The normalized spacial score (nSPS) is 9.29. The fourth-order valence-corrected chi connectivity index (χ4v) is 0.796. The fourth-order valence-electron chi connectivity index (χ4n) is 0.796. The minimum atomic E-state index is -0.518. The Bertz CT molecular complexity index is 197. The number of carbonyl (C=O) groups is 1. The van der Waals surface area contributed by atoms with E-state index in [9.17, 15) is 4.79 Å². The fraction of sp³-hybridized carbons (Fsp3) is 0.714. The van der Waals surface area contributed by atoms with Crippen molar-refractivity contribution in [3.8, 4) is 0 Å². The average molecular weight is 203 g/mol. The van der Waals surface area contributed by atoms with E-state index < -0.39 is 6.03 Å². The number of nitrogens with zero attached hydrogens (tertiary/aromatic N) is 1. The van der Waals surface area contributed by atoms with Gasteiger partial charge in [0.2, 0.25) is 0 Å². The Hall–Kier alpha value is -1.50. The summed E-state index contributed by atoms with van der Waals surface area (Å²) in [5.74, 6) is -0.118. The molecule has 0 unspecified atom stereocenters. The summed E-state index contributed by atoms with van der Waals surface area (Å²) in [7, 11) is 0. The van der Waals surface area contributed by atoms with Gasteiger partial charge in [-0.15, -0.1) is 0 Å². The molecule has 0 radical (unpaired) electrons. The van der Waals surface area contributed by atoms with Crippen LogP contribution in [0, 0.1) is 5.41 Å². The Balaban J connectivity index is 3.48. The largest absolute Gasteiger partial charge is 0.370 e. The molecule has 7 nitrogen and oxygen atoms in total. The number of nitrogens with two attached hydrogens (primary N) is 1. The maximum Gasteiger partial charge on any atom is 0.341 e. The third kappa shape index (κ3) is 6.06. The smallest absolute Gasteiger partial charge is 0.341 e. The maximum absolute atomic E-state index is 10.9. The van der Waals surface area contributed by atoms with Crippen molar-refractivity contribution in [3.63, 3.8) is 0 Å². The number of hydrogen-bond donors (Lipinski definition) is 5. The first-order chi connectivity index (χ1) is 6.57. The van der Waals surface area contributed by atoms with Crippen LogP contribution < -0.4 is 16.4 Å². The van der Waals surface area contributed by atoms with Crippen LogP contribution in [-0.2, 0) is 0 Å². The number of urea groups is 1. The van der Waals surface area contributed by atoms with Crippen LogP contribution in [0.25, 0.3) is 0 Å². The van der Waals surface area contributed by atoms with Crippen molar-refractivity contribution in [2.24, 2.45) is 5.73 Å². The quantitative estimate of drug-likeness (QED) is 0.133. The molecule has 6 N–H and O–H groups in total. The first-order valence-electron chi connectivity index (χ1n) is 4.40. The van der Waals surface area contributed by atoms with Gasteiger partial charge in [0.15, 0.2) is 5.96 Å². The van der Waals surface area contributed by atoms with Gasteiger partial charge in [-0.25, -0.2) is 9.86 Å². The predicted octanol–water partition coefficient (Wildman–Crippen LogP) is -0.720. The lowest BCUT2D eigenvalue weighted by molar-refractivity contribution is -0.0432. The molecule has 0 spiro atoms. The molecule has 2 amide bonds. The Kier molecular flexibility index (Phi) is 6.21. The lowest BCUT2D eigenvalue weighted by Crippen LogP contribution is -2.39. The summed E-state index contributed by atoms with van der Waals surface area (Å²) < 4.78 is 0. The molecule has 0 heterocycles. The summed E-state index contributed by atoms with van der Waals surface area (Å²) in [4.78, 5) is 10.9. The van der Waals surface area contributed by atoms with E-state index in [1.807, 2.05) is 0 Å². The van der Waals surface area contributed by atoms with Crippen LogP contribution in [0.1, 0.15) is 13.3 Å².